The summed E-state index contributed by atoms with van der Waals surface area (Å²) in [4.78, 5) is 2.47. The molecule has 1 saturated heterocycles. The highest BCUT2D eigenvalue weighted by Crippen LogP contribution is 2.35. The van der Waals surface area contributed by atoms with E-state index in [2.05, 4.69) is 52.9 Å². The van der Waals surface area contributed by atoms with Crippen LogP contribution in [-0.2, 0) is 6.54 Å². The number of halogens is 1. The fourth-order valence-corrected chi connectivity index (χ4v) is 2.92. The maximum Gasteiger partial charge on any atom is 0.0423 e. The second kappa shape index (κ2) is 4.99. The maximum atomic E-state index is 5.85. The van der Waals surface area contributed by atoms with Crippen molar-refractivity contribution in [2.75, 3.05) is 18.0 Å². The van der Waals surface area contributed by atoms with Crippen LogP contribution in [0.15, 0.2) is 22.7 Å². The van der Waals surface area contributed by atoms with Crippen LogP contribution in [0.25, 0.3) is 0 Å². The van der Waals surface area contributed by atoms with E-state index in [9.17, 15) is 0 Å². The molecule has 0 atom stereocenters. The fraction of sp³-hybridized carbons (Fsp3) is 0.571. The van der Waals surface area contributed by atoms with Gasteiger partial charge in [0.05, 0.1) is 0 Å². The van der Waals surface area contributed by atoms with E-state index < -0.39 is 0 Å². The number of rotatable bonds is 2. The van der Waals surface area contributed by atoms with Gasteiger partial charge in [0.15, 0.2) is 0 Å². The summed E-state index contributed by atoms with van der Waals surface area (Å²) < 4.78 is 1.13. The average molecular weight is 297 g/mol. The SMILES string of the molecule is CC1(C)CCN(c2cccc(Br)c2CN)CC1. The lowest BCUT2D eigenvalue weighted by Crippen LogP contribution is -2.37. The smallest absolute Gasteiger partial charge is 0.0423 e. The van der Waals surface area contributed by atoms with Crippen molar-refractivity contribution in [1.82, 2.24) is 0 Å². The Kier molecular flexibility index (Phi) is 3.79. The van der Waals surface area contributed by atoms with E-state index in [4.69, 9.17) is 5.73 Å². The number of benzene rings is 1. The zero-order valence-corrected chi connectivity index (χ0v) is 12.3. The van der Waals surface area contributed by atoms with Gasteiger partial charge in [0, 0.05) is 35.4 Å². The van der Waals surface area contributed by atoms with Gasteiger partial charge in [0.1, 0.15) is 0 Å². The predicted octanol–water partition coefficient (Wildman–Crippen LogP) is 3.53. The lowest BCUT2D eigenvalue weighted by atomic mass is 9.82. The first kappa shape index (κ1) is 12.9. The number of hydrogen-bond donors (Lipinski definition) is 1. The molecule has 2 nitrogen and oxygen atoms in total. The van der Waals surface area contributed by atoms with Crippen LogP contribution in [0.4, 0.5) is 5.69 Å². The van der Waals surface area contributed by atoms with E-state index in [0.29, 0.717) is 12.0 Å². The molecule has 2 N–H and O–H groups in total. The first-order valence-electron chi connectivity index (χ1n) is 6.26. The third-order valence-corrected chi connectivity index (χ3v) is 4.50. The normalized spacial score (nSPS) is 19.4. The monoisotopic (exact) mass is 296 g/mol. The number of nitrogens with two attached hydrogens (primary N) is 1. The molecule has 1 aliphatic heterocycles. The zero-order chi connectivity index (χ0) is 12.5. The number of piperidine rings is 1. The topological polar surface area (TPSA) is 29.3 Å². The van der Waals surface area contributed by atoms with E-state index >= 15 is 0 Å². The molecule has 0 aromatic heterocycles. The van der Waals surface area contributed by atoms with Crippen LogP contribution in [0.1, 0.15) is 32.3 Å². The minimum atomic E-state index is 0.491. The first-order chi connectivity index (χ1) is 8.03. The number of hydrogen-bond acceptors (Lipinski definition) is 2. The summed E-state index contributed by atoms with van der Waals surface area (Å²) in [7, 11) is 0. The molecular formula is C14H21BrN2. The summed E-state index contributed by atoms with van der Waals surface area (Å²) in [6.45, 7) is 7.58. The minimum absolute atomic E-state index is 0.491. The molecule has 0 bridgehead atoms. The lowest BCUT2D eigenvalue weighted by molar-refractivity contribution is 0.279. The van der Waals surface area contributed by atoms with Gasteiger partial charge in [-0.1, -0.05) is 35.8 Å². The van der Waals surface area contributed by atoms with Gasteiger partial charge in [-0.2, -0.15) is 0 Å². The second-order valence-electron chi connectivity index (χ2n) is 5.59. The summed E-state index contributed by atoms with van der Waals surface area (Å²) in [6, 6.07) is 6.35. The Bertz CT molecular complexity index is 391. The molecule has 0 saturated carbocycles. The third-order valence-electron chi connectivity index (χ3n) is 3.76. The zero-order valence-electron chi connectivity index (χ0n) is 10.7. The average Bonchev–Trinajstić information content (AvgIpc) is 2.29. The van der Waals surface area contributed by atoms with Crippen molar-refractivity contribution in [3.05, 3.63) is 28.2 Å². The van der Waals surface area contributed by atoms with Crippen molar-refractivity contribution in [2.24, 2.45) is 11.1 Å². The van der Waals surface area contributed by atoms with Gasteiger partial charge in [0.25, 0.3) is 0 Å². The highest BCUT2D eigenvalue weighted by molar-refractivity contribution is 9.10. The summed E-state index contributed by atoms with van der Waals surface area (Å²) >= 11 is 3.59. The van der Waals surface area contributed by atoms with E-state index in [1.54, 1.807) is 0 Å². The molecule has 94 valence electrons. The van der Waals surface area contributed by atoms with E-state index in [-0.39, 0.29) is 0 Å². The van der Waals surface area contributed by atoms with Crippen LogP contribution < -0.4 is 10.6 Å². The van der Waals surface area contributed by atoms with Gasteiger partial charge in [0.2, 0.25) is 0 Å². The van der Waals surface area contributed by atoms with E-state index in [0.717, 1.165) is 17.6 Å². The largest absolute Gasteiger partial charge is 0.371 e. The molecular weight excluding hydrogens is 276 g/mol. The Morgan fingerprint density at radius 3 is 2.53 bits per heavy atom. The van der Waals surface area contributed by atoms with Crippen LogP contribution in [0.5, 0.6) is 0 Å². The van der Waals surface area contributed by atoms with Crippen molar-refractivity contribution in [2.45, 2.75) is 33.2 Å². The molecule has 17 heavy (non-hydrogen) atoms. The quantitative estimate of drug-likeness (QED) is 0.904. The summed E-state index contributed by atoms with van der Waals surface area (Å²) in [6.07, 6.45) is 2.51. The molecule has 1 fully saturated rings. The van der Waals surface area contributed by atoms with Crippen molar-refractivity contribution in [3.8, 4) is 0 Å². The van der Waals surface area contributed by atoms with Crippen molar-refractivity contribution in [1.29, 1.82) is 0 Å². The molecule has 1 aromatic rings. The molecule has 1 aromatic carbocycles. The molecule has 1 heterocycles. The molecule has 0 unspecified atom stereocenters. The van der Waals surface area contributed by atoms with Crippen LogP contribution in [0, 0.1) is 5.41 Å². The van der Waals surface area contributed by atoms with Crippen LogP contribution in [-0.4, -0.2) is 13.1 Å². The minimum Gasteiger partial charge on any atom is -0.371 e. The van der Waals surface area contributed by atoms with Gasteiger partial charge in [-0.25, -0.2) is 0 Å². The fourth-order valence-electron chi connectivity index (χ4n) is 2.40. The molecule has 0 radical (unpaired) electrons. The van der Waals surface area contributed by atoms with Gasteiger partial charge >= 0.3 is 0 Å². The molecule has 0 aliphatic carbocycles. The Labute approximate surface area is 112 Å². The van der Waals surface area contributed by atoms with Gasteiger partial charge in [-0.15, -0.1) is 0 Å². The molecule has 3 heteroatoms. The summed E-state index contributed by atoms with van der Waals surface area (Å²) in [5, 5.41) is 0. The third kappa shape index (κ3) is 2.83. The number of anilines is 1. The van der Waals surface area contributed by atoms with Gasteiger partial charge < -0.3 is 10.6 Å². The van der Waals surface area contributed by atoms with E-state index in [1.165, 1.54) is 24.1 Å². The van der Waals surface area contributed by atoms with Crippen molar-refractivity contribution < 1.29 is 0 Å². The molecule has 0 amide bonds. The van der Waals surface area contributed by atoms with Gasteiger partial charge in [-0.3, -0.25) is 0 Å². The Morgan fingerprint density at radius 2 is 1.94 bits per heavy atom. The second-order valence-corrected chi connectivity index (χ2v) is 6.45. The first-order valence-corrected chi connectivity index (χ1v) is 7.05. The Morgan fingerprint density at radius 1 is 1.29 bits per heavy atom. The van der Waals surface area contributed by atoms with Crippen LogP contribution in [0.2, 0.25) is 0 Å². The maximum absolute atomic E-state index is 5.85. The van der Waals surface area contributed by atoms with E-state index in [1.807, 2.05) is 0 Å². The molecule has 0 spiro atoms. The highest BCUT2D eigenvalue weighted by Gasteiger charge is 2.26. The van der Waals surface area contributed by atoms with Gasteiger partial charge in [-0.05, 0) is 30.4 Å². The summed E-state index contributed by atoms with van der Waals surface area (Å²) in [5.74, 6) is 0. The van der Waals surface area contributed by atoms with Crippen LogP contribution in [0.3, 0.4) is 0 Å². The molecule has 2 rings (SSSR count). The van der Waals surface area contributed by atoms with Crippen LogP contribution >= 0.6 is 15.9 Å². The molecule has 1 aliphatic rings. The lowest BCUT2D eigenvalue weighted by Gasteiger charge is -2.39. The standard InChI is InChI=1S/C14H21BrN2/c1-14(2)6-8-17(9-7-14)13-5-3-4-12(15)11(13)10-16/h3-5H,6-10,16H2,1-2H3. The Hall–Kier alpha value is -0.540. The number of nitrogens with zero attached hydrogens (tertiary/aromatic N) is 1. The summed E-state index contributed by atoms with van der Waals surface area (Å²) in [5.41, 5.74) is 8.88. The predicted molar refractivity (Wildman–Crippen MR) is 77.3 cm³/mol. The highest BCUT2D eigenvalue weighted by atomic mass is 79.9. The van der Waals surface area contributed by atoms with Crippen molar-refractivity contribution >= 4 is 21.6 Å². The Balaban J connectivity index is 2.21. The van der Waals surface area contributed by atoms with Crippen molar-refractivity contribution in [3.63, 3.8) is 0 Å².